The molecular formula is C17H25BO7. The number of hydrogen-bond acceptors (Lipinski definition) is 6. The molecule has 8 heteroatoms. The quantitative estimate of drug-likeness (QED) is 0.760. The van der Waals surface area contributed by atoms with Gasteiger partial charge in [-0.2, -0.15) is 0 Å². The number of phenols is 1. The first-order chi connectivity index (χ1) is 11.5. The summed E-state index contributed by atoms with van der Waals surface area (Å²) in [5.74, 6) is -1.19. The maximum absolute atomic E-state index is 11.4. The predicted octanol–water partition coefficient (Wildman–Crippen LogP) is 2.60. The smallest absolute Gasteiger partial charge is 0.466 e. The lowest BCUT2D eigenvalue weighted by Gasteiger charge is -2.32. The number of hydrogen-bond donors (Lipinski definition) is 2. The lowest BCUT2D eigenvalue weighted by Crippen LogP contribution is -2.41. The maximum atomic E-state index is 11.4. The second kappa shape index (κ2) is 6.76. The Labute approximate surface area is 148 Å². The van der Waals surface area contributed by atoms with Crippen LogP contribution in [0.4, 0.5) is 0 Å². The number of ether oxygens (including phenoxy) is 2. The van der Waals surface area contributed by atoms with Crippen LogP contribution < -0.4 is 9.47 Å². The highest BCUT2D eigenvalue weighted by Gasteiger charge is 2.55. The summed E-state index contributed by atoms with van der Waals surface area (Å²) in [5, 5.41) is 19.8. The molecule has 1 unspecified atom stereocenters. The number of carboxylic acid groups (broad SMARTS) is 1. The minimum atomic E-state index is -1.03. The van der Waals surface area contributed by atoms with Gasteiger partial charge >= 0.3 is 13.1 Å². The molecule has 0 spiro atoms. The Kier molecular flexibility index (Phi) is 5.25. The van der Waals surface area contributed by atoms with Gasteiger partial charge in [0.2, 0.25) is 0 Å². The number of carbonyl (C=O) groups is 1. The summed E-state index contributed by atoms with van der Waals surface area (Å²) in [4.78, 5) is 11.4. The molecule has 1 heterocycles. The molecule has 1 aromatic carbocycles. The van der Waals surface area contributed by atoms with Gasteiger partial charge in [0.15, 0.2) is 0 Å². The van der Waals surface area contributed by atoms with Gasteiger partial charge in [0.05, 0.1) is 31.8 Å². The molecule has 1 atom stereocenters. The van der Waals surface area contributed by atoms with Gasteiger partial charge in [0.25, 0.3) is 0 Å². The van der Waals surface area contributed by atoms with Crippen molar-refractivity contribution in [3.8, 4) is 17.2 Å². The first kappa shape index (κ1) is 19.4. The van der Waals surface area contributed by atoms with E-state index in [9.17, 15) is 15.0 Å². The van der Waals surface area contributed by atoms with Crippen LogP contribution in [-0.2, 0) is 14.1 Å². The van der Waals surface area contributed by atoms with Gasteiger partial charge in [0.1, 0.15) is 17.2 Å². The van der Waals surface area contributed by atoms with Crippen LogP contribution in [-0.4, -0.2) is 48.7 Å². The molecule has 0 aromatic heterocycles. The topological polar surface area (TPSA) is 94.5 Å². The average Bonchev–Trinajstić information content (AvgIpc) is 2.72. The van der Waals surface area contributed by atoms with E-state index in [-0.39, 0.29) is 12.2 Å². The van der Waals surface area contributed by atoms with Crippen molar-refractivity contribution in [1.29, 1.82) is 0 Å². The van der Waals surface area contributed by atoms with Crippen LogP contribution in [0, 0.1) is 0 Å². The number of benzene rings is 1. The third-order valence-electron chi connectivity index (χ3n) is 4.91. The van der Waals surface area contributed by atoms with Gasteiger partial charge < -0.3 is 29.0 Å². The van der Waals surface area contributed by atoms with Gasteiger partial charge in [0, 0.05) is 23.5 Å². The van der Waals surface area contributed by atoms with E-state index in [1.807, 2.05) is 27.7 Å². The maximum Gasteiger partial charge on any atom is 0.466 e. The highest BCUT2D eigenvalue weighted by atomic mass is 16.7. The molecule has 1 fully saturated rings. The molecule has 1 saturated heterocycles. The molecular weight excluding hydrogens is 327 g/mol. The Morgan fingerprint density at radius 1 is 1.16 bits per heavy atom. The van der Waals surface area contributed by atoms with Crippen molar-refractivity contribution in [1.82, 2.24) is 0 Å². The van der Waals surface area contributed by atoms with Crippen molar-refractivity contribution >= 4 is 13.1 Å². The SMILES string of the molecule is COc1cc(O)c(C(CC(=O)O)B2OC(C)(C)C(C)(C)O2)c(OC)c1. The van der Waals surface area contributed by atoms with E-state index in [1.54, 1.807) is 6.07 Å². The molecule has 0 radical (unpaired) electrons. The van der Waals surface area contributed by atoms with Gasteiger partial charge in [-0.25, -0.2) is 0 Å². The highest BCUT2D eigenvalue weighted by Crippen LogP contribution is 2.46. The number of carboxylic acids is 1. The lowest BCUT2D eigenvalue weighted by atomic mass is 9.65. The Morgan fingerprint density at radius 3 is 2.16 bits per heavy atom. The molecule has 0 amide bonds. The van der Waals surface area contributed by atoms with Crippen LogP contribution in [0.1, 0.15) is 45.5 Å². The van der Waals surface area contributed by atoms with Gasteiger partial charge in [-0.3, -0.25) is 4.79 Å². The van der Waals surface area contributed by atoms with Gasteiger partial charge in [-0.1, -0.05) is 0 Å². The molecule has 0 saturated carbocycles. The van der Waals surface area contributed by atoms with E-state index in [0.29, 0.717) is 17.1 Å². The second-order valence-electron chi connectivity index (χ2n) is 7.09. The first-order valence-corrected chi connectivity index (χ1v) is 8.04. The number of aromatic hydroxyl groups is 1. The van der Waals surface area contributed by atoms with Gasteiger partial charge in [-0.15, -0.1) is 0 Å². The van der Waals surface area contributed by atoms with Crippen LogP contribution in [0.3, 0.4) is 0 Å². The van der Waals surface area contributed by atoms with Crippen LogP contribution in [0.15, 0.2) is 12.1 Å². The molecule has 2 rings (SSSR count). The Morgan fingerprint density at radius 2 is 1.72 bits per heavy atom. The Balaban J connectivity index is 2.51. The first-order valence-electron chi connectivity index (χ1n) is 8.04. The van der Waals surface area contributed by atoms with Crippen molar-refractivity contribution in [2.24, 2.45) is 0 Å². The predicted molar refractivity (Wildman–Crippen MR) is 92.3 cm³/mol. The third-order valence-corrected chi connectivity index (χ3v) is 4.91. The van der Waals surface area contributed by atoms with Crippen molar-refractivity contribution in [2.45, 2.75) is 51.1 Å². The Bertz CT molecular complexity index is 641. The number of rotatable bonds is 6. The monoisotopic (exact) mass is 352 g/mol. The summed E-state index contributed by atoms with van der Waals surface area (Å²) < 4.78 is 22.5. The van der Waals surface area contributed by atoms with Gasteiger partial charge in [-0.05, 0) is 27.7 Å². The molecule has 7 nitrogen and oxygen atoms in total. The number of aliphatic carboxylic acids is 1. The second-order valence-corrected chi connectivity index (χ2v) is 7.09. The van der Waals surface area contributed by atoms with Crippen LogP contribution in [0.25, 0.3) is 0 Å². The largest absolute Gasteiger partial charge is 0.507 e. The zero-order chi connectivity index (χ0) is 19.0. The van der Waals surface area contributed by atoms with E-state index in [0.717, 1.165) is 0 Å². The highest BCUT2D eigenvalue weighted by molar-refractivity contribution is 6.48. The molecule has 1 aliphatic heterocycles. The molecule has 0 aliphatic carbocycles. The number of methoxy groups -OCH3 is 2. The molecule has 1 aliphatic rings. The fourth-order valence-electron chi connectivity index (χ4n) is 2.82. The third kappa shape index (κ3) is 3.69. The summed E-state index contributed by atoms with van der Waals surface area (Å²) in [7, 11) is 2.07. The fourth-order valence-corrected chi connectivity index (χ4v) is 2.82. The summed E-state index contributed by atoms with van der Waals surface area (Å²) >= 11 is 0. The van der Waals surface area contributed by atoms with E-state index in [4.69, 9.17) is 18.8 Å². The molecule has 25 heavy (non-hydrogen) atoms. The molecule has 138 valence electrons. The summed E-state index contributed by atoms with van der Waals surface area (Å²) in [6.45, 7) is 7.54. The summed E-state index contributed by atoms with van der Waals surface area (Å²) in [5.41, 5.74) is -0.919. The molecule has 0 bridgehead atoms. The zero-order valence-electron chi connectivity index (χ0n) is 15.5. The normalized spacial score (nSPS) is 19.5. The Hall–Kier alpha value is -1.93. The van der Waals surface area contributed by atoms with E-state index >= 15 is 0 Å². The molecule has 1 aromatic rings. The van der Waals surface area contributed by atoms with E-state index in [2.05, 4.69) is 0 Å². The van der Waals surface area contributed by atoms with E-state index < -0.39 is 30.1 Å². The fraction of sp³-hybridized carbons (Fsp3) is 0.588. The van der Waals surface area contributed by atoms with Crippen molar-refractivity contribution in [3.05, 3.63) is 17.7 Å². The van der Waals surface area contributed by atoms with E-state index in [1.165, 1.54) is 20.3 Å². The van der Waals surface area contributed by atoms with Crippen molar-refractivity contribution in [3.63, 3.8) is 0 Å². The summed E-state index contributed by atoms with van der Waals surface area (Å²) in [6.07, 6.45) is -0.285. The molecule has 2 N–H and O–H groups in total. The summed E-state index contributed by atoms with van der Waals surface area (Å²) in [6, 6.07) is 3.01. The van der Waals surface area contributed by atoms with Crippen LogP contribution in [0.5, 0.6) is 17.2 Å². The van der Waals surface area contributed by atoms with Crippen molar-refractivity contribution in [2.75, 3.05) is 14.2 Å². The van der Waals surface area contributed by atoms with Crippen LogP contribution >= 0.6 is 0 Å². The minimum Gasteiger partial charge on any atom is -0.507 e. The minimum absolute atomic E-state index is 0.128. The zero-order valence-corrected chi connectivity index (χ0v) is 15.5. The van der Waals surface area contributed by atoms with Crippen molar-refractivity contribution < 1.29 is 33.8 Å². The average molecular weight is 352 g/mol. The van der Waals surface area contributed by atoms with Crippen LogP contribution in [0.2, 0.25) is 0 Å². The standard InChI is InChI=1S/C17H25BO7/c1-16(2)17(3,4)25-18(24-16)11(9-14(20)21)15-12(19)7-10(22-5)8-13(15)23-6/h7-8,11,19H,9H2,1-6H3,(H,20,21). The lowest BCUT2D eigenvalue weighted by molar-refractivity contribution is -0.137. The number of phenolic OH excluding ortho intramolecular Hbond substituents is 1.